The molecule has 0 saturated carbocycles. The van der Waals surface area contributed by atoms with Crippen LogP contribution < -0.4 is 5.73 Å². The summed E-state index contributed by atoms with van der Waals surface area (Å²) in [5, 5.41) is 11.5. The Morgan fingerprint density at radius 3 is 2.76 bits per heavy atom. The number of oxime groups is 1. The first-order valence-electron chi connectivity index (χ1n) is 7.45. The molecule has 0 radical (unpaired) electrons. The van der Waals surface area contributed by atoms with Gasteiger partial charge in [-0.05, 0) is 36.1 Å². The van der Waals surface area contributed by atoms with Crippen LogP contribution in [0.3, 0.4) is 0 Å². The first kappa shape index (κ1) is 17.4. The zero-order chi connectivity index (χ0) is 15.7. The molecular weight excluding hydrogens is 271 g/mol. The Labute approximate surface area is 125 Å². The van der Waals surface area contributed by atoms with Gasteiger partial charge in [0.1, 0.15) is 5.82 Å². The third-order valence-electron chi connectivity index (χ3n) is 3.53. The van der Waals surface area contributed by atoms with Crippen molar-refractivity contribution in [2.24, 2.45) is 16.8 Å². The molecule has 118 valence electrons. The molecule has 0 aliphatic carbocycles. The van der Waals surface area contributed by atoms with Crippen LogP contribution in [0, 0.1) is 11.7 Å². The van der Waals surface area contributed by atoms with Crippen molar-refractivity contribution in [3.63, 3.8) is 0 Å². The summed E-state index contributed by atoms with van der Waals surface area (Å²) < 4.78 is 19.2. The molecule has 1 aromatic rings. The van der Waals surface area contributed by atoms with E-state index in [1.165, 1.54) is 25.0 Å². The van der Waals surface area contributed by atoms with Gasteiger partial charge in [0.15, 0.2) is 5.84 Å². The zero-order valence-electron chi connectivity index (χ0n) is 12.8. The quantitative estimate of drug-likeness (QED) is 0.316. The normalized spacial score (nSPS) is 13.4. The molecule has 1 aromatic carbocycles. The van der Waals surface area contributed by atoms with Crippen LogP contribution in [0.15, 0.2) is 23.4 Å². The lowest BCUT2D eigenvalue weighted by atomic mass is 10.0. The van der Waals surface area contributed by atoms with Crippen molar-refractivity contribution in [3.8, 4) is 0 Å². The Hall–Kier alpha value is -1.62. The predicted octanol–water partition coefficient (Wildman–Crippen LogP) is 3.65. The van der Waals surface area contributed by atoms with Gasteiger partial charge in [0.2, 0.25) is 0 Å². The van der Waals surface area contributed by atoms with Gasteiger partial charge >= 0.3 is 0 Å². The van der Waals surface area contributed by atoms with Crippen molar-refractivity contribution in [2.45, 2.75) is 46.1 Å². The molecule has 4 nitrogen and oxygen atoms in total. The Morgan fingerprint density at radius 2 is 2.14 bits per heavy atom. The van der Waals surface area contributed by atoms with Crippen LogP contribution in [0.4, 0.5) is 4.39 Å². The molecule has 0 saturated heterocycles. The maximum absolute atomic E-state index is 13.5. The maximum Gasteiger partial charge on any atom is 0.170 e. The van der Waals surface area contributed by atoms with Crippen LogP contribution in [-0.2, 0) is 11.3 Å². The summed E-state index contributed by atoms with van der Waals surface area (Å²) >= 11 is 0. The van der Waals surface area contributed by atoms with Crippen LogP contribution in [0.5, 0.6) is 0 Å². The van der Waals surface area contributed by atoms with Crippen molar-refractivity contribution in [1.82, 2.24) is 0 Å². The highest BCUT2D eigenvalue weighted by Gasteiger charge is 2.08. The number of ether oxygens (including phenoxy) is 1. The minimum atomic E-state index is -0.421. The first-order valence-corrected chi connectivity index (χ1v) is 7.45. The molecule has 0 aliphatic rings. The van der Waals surface area contributed by atoms with E-state index < -0.39 is 5.82 Å². The van der Waals surface area contributed by atoms with E-state index in [-0.39, 0.29) is 5.84 Å². The number of hydrogen-bond donors (Lipinski definition) is 2. The highest BCUT2D eigenvalue weighted by atomic mass is 19.1. The topological polar surface area (TPSA) is 67.8 Å². The van der Waals surface area contributed by atoms with Crippen LogP contribution >= 0.6 is 0 Å². The second-order valence-electron chi connectivity index (χ2n) is 5.27. The molecular formula is C16H25FN2O2. The Bertz CT molecular complexity index is 464. The van der Waals surface area contributed by atoms with Crippen LogP contribution in [0.2, 0.25) is 0 Å². The summed E-state index contributed by atoms with van der Waals surface area (Å²) in [5.41, 5.74) is 6.52. The fraction of sp³-hybridized carbons (Fsp3) is 0.562. The minimum absolute atomic E-state index is 0.106. The number of benzene rings is 1. The van der Waals surface area contributed by atoms with Crippen LogP contribution in [0.25, 0.3) is 0 Å². The van der Waals surface area contributed by atoms with Gasteiger partial charge in [-0.25, -0.2) is 4.39 Å². The number of nitrogens with zero attached hydrogens (tertiary/aromatic N) is 1. The third kappa shape index (κ3) is 6.12. The van der Waals surface area contributed by atoms with Crippen molar-refractivity contribution in [2.75, 3.05) is 6.61 Å². The molecule has 0 fully saturated rings. The van der Waals surface area contributed by atoms with E-state index in [0.717, 1.165) is 12.8 Å². The Morgan fingerprint density at radius 1 is 1.38 bits per heavy atom. The second-order valence-corrected chi connectivity index (χ2v) is 5.27. The van der Waals surface area contributed by atoms with E-state index in [2.05, 4.69) is 19.0 Å². The molecule has 0 spiro atoms. The Kier molecular flexibility index (Phi) is 7.75. The summed E-state index contributed by atoms with van der Waals surface area (Å²) in [6.45, 7) is 5.33. The smallest absolute Gasteiger partial charge is 0.170 e. The number of halogens is 1. The number of amidine groups is 1. The molecule has 0 heterocycles. The summed E-state index contributed by atoms with van der Waals surface area (Å²) in [4.78, 5) is 0. The van der Waals surface area contributed by atoms with Gasteiger partial charge in [0.05, 0.1) is 6.61 Å². The molecule has 1 atom stereocenters. The summed E-state index contributed by atoms with van der Waals surface area (Å²) in [7, 11) is 0. The fourth-order valence-corrected chi connectivity index (χ4v) is 2.18. The largest absolute Gasteiger partial charge is 0.409 e. The molecule has 0 aliphatic heterocycles. The van der Waals surface area contributed by atoms with Gasteiger partial charge in [-0.2, -0.15) is 0 Å². The molecule has 0 amide bonds. The van der Waals surface area contributed by atoms with Crippen molar-refractivity contribution < 1.29 is 14.3 Å². The molecule has 0 bridgehead atoms. The van der Waals surface area contributed by atoms with E-state index in [9.17, 15) is 4.39 Å². The van der Waals surface area contributed by atoms with Crippen molar-refractivity contribution in [3.05, 3.63) is 35.1 Å². The molecule has 3 N–H and O–H groups in total. The van der Waals surface area contributed by atoms with E-state index in [1.807, 2.05) is 0 Å². The Balaban J connectivity index is 2.57. The lowest BCUT2D eigenvalue weighted by molar-refractivity contribution is 0.0818. The number of nitrogens with two attached hydrogens (primary N) is 1. The predicted molar refractivity (Wildman–Crippen MR) is 81.9 cm³/mol. The minimum Gasteiger partial charge on any atom is -0.409 e. The lowest BCUT2D eigenvalue weighted by Crippen LogP contribution is -2.14. The van der Waals surface area contributed by atoms with Gasteiger partial charge in [0, 0.05) is 12.2 Å². The van der Waals surface area contributed by atoms with Gasteiger partial charge in [0.25, 0.3) is 0 Å². The summed E-state index contributed by atoms with van der Waals surface area (Å²) in [6, 6.07) is 4.31. The zero-order valence-corrected chi connectivity index (χ0v) is 12.8. The van der Waals surface area contributed by atoms with E-state index in [1.54, 1.807) is 6.07 Å². The molecule has 1 rings (SSSR count). The summed E-state index contributed by atoms with van der Waals surface area (Å²) in [5.74, 6) is 0.0166. The maximum atomic E-state index is 13.5. The van der Waals surface area contributed by atoms with Gasteiger partial charge in [-0.3, -0.25) is 0 Å². The first-order chi connectivity index (χ1) is 10.1. The number of hydrogen-bond acceptors (Lipinski definition) is 3. The second kappa shape index (κ2) is 9.34. The van der Waals surface area contributed by atoms with E-state index >= 15 is 0 Å². The van der Waals surface area contributed by atoms with E-state index in [4.69, 9.17) is 15.7 Å². The van der Waals surface area contributed by atoms with Gasteiger partial charge < -0.3 is 15.7 Å². The lowest BCUT2D eigenvalue weighted by Gasteiger charge is -2.15. The highest BCUT2D eigenvalue weighted by Crippen LogP contribution is 2.15. The van der Waals surface area contributed by atoms with E-state index in [0.29, 0.717) is 30.3 Å². The molecule has 0 aromatic heterocycles. The van der Waals surface area contributed by atoms with Gasteiger partial charge in [-0.15, -0.1) is 0 Å². The van der Waals surface area contributed by atoms with Gasteiger partial charge in [-0.1, -0.05) is 38.3 Å². The van der Waals surface area contributed by atoms with Crippen LogP contribution in [0.1, 0.15) is 50.7 Å². The third-order valence-corrected chi connectivity index (χ3v) is 3.53. The van der Waals surface area contributed by atoms with Crippen LogP contribution in [-0.4, -0.2) is 17.6 Å². The molecule has 1 unspecified atom stereocenters. The average molecular weight is 296 g/mol. The van der Waals surface area contributed by atoms with Crippen molar-refractivity contribution >= 4 is 5.84 Å². The fourth-order valence-electron chi connectivity index (χ4n) is 2.18. The molecule has 21 heavy (non-hydrogen) atoms. The summed E-state index contributed by atoms with van der Waals surface area (Å²) in [6.07, 6.45) is 4.63. The molecule has 5 heteroatoms. The monoisotopic (exact) mass is 296 g/mol. The average Bonchev–Trinajstić information content (AvgIpc) is 2.49. The SMILES string of the molecule is CCCCC(CC)COCc1cc(F)cc(/C(N)=N/O)c1. The number of rotatable bonds is 9. The standard InChI is InChI=1S/C16H25FN2O2/c1-3-5-6-12(4-2)10-21-11-13-7-14(16(18)19-20)9-15(17)8-13/h7-9,12,20H,3-6,10-11H2,1-2H3,(H2,18,19). The van der Waals surface area contributed by atoms with Crippen molar-refractivity contribution in [1.29, 1.82) is 0 Å². The number of unbranched alkanes of at least 4 members (excludes halogenated alkanes) is 1. The highest BCUT2D eigenvalue weighted by molar-refractivity contribution is 5.97.